The quantitative estimate of drug-likeness (QED) is 0.0277. The average Bonchev–Trinajstić information content (AvgIpc) is 4.35. The number of nitrogens with zero attached hydrogens (tertiary/aromatic N) is 6. The van der Waals surface area contributed by atoms with E-state index in [0.29, 0.717) is 67.1 Å². The maximum atomic E-state index is 13.2. The molecule has 0 bridgehead atoms. The molecule has 8 aromatic rings. The van der Waals surface area contributed by atoms with E-state index in [9.17, 15) is 28.8 Å². The first-order valence-electron chi connectivity index (χ1n) is 24.7. The van der Waals surface area contributed by atoms with Crippen molar-refractivity contribution in [2.75, 3.05) is 0 Å². The van der Waals surface area contributed by atoms with Gasteiger partial charge in [0, 0.05) is 113 Å². The van der Waals surface area contributed by atoms with Crippen molar-refractivity contribution in [1.82, 2.24) is 26.0 Å². The van der Waals surface area contributed by atoms with Crippen LogP contribution in [0.1, 0.15) is 98.2 Å². The van der Waals surface area contributed by atoms with Crippen LogP contribution in [0.15, 0.2) is 217 Å². The van der Waals surface area contributed by atoms with Gasteiger partial charge in [0.25, 0.3) is 0 Å². The molecule has 0 aliphatic heterocycles. The van der Waals surface area contributed by atoms with Crippen LogP contribution in [0.25, 0.3) is 23.3 Å². The highest BCUT2D eigenvalue weighted by atomic mass is 31.2. The number of ketones is 6. The van der Waals surface area contributed by atoms with Gasteiger partial charge in [-0.25, -0.2) is 0 Å². The first-order chi connectivity index (χ1) is 38.6. The van der Waals surface area contributed by atoms with Crippen LogP contribution in [0.4, 0.5) is 0 Å². The molecule has 6 aromatic heterocycles. The van der Waals surface area contributed by atoms with Gasteiger partial charge in [0.1, 0.15) is 17.2 Å². The summed E-state index contributed by atoms with van der Waals surface area (Å²) < 4.78 is 32.9. The number of carbonyl (C=O) groups is 6. The Hall–Kier alpha value is -9.25. The van der Waals surface area contributed by atoms with Gasteiger partial charge in [-0.3, -0.25) is 54.8 Å². The minimum absolute atomic E-state index is 0.257. The smallest absolute Gasteiger partial charge is 0.317 e. The predicted octanol–water partition coefficient (Wildman–Crippen LogP) is 15.2. The van der Waals surface area contributed by atoms with E-state index in [1.807, 2.05) is 70.2 Å². The molecule has 0 fully saturated rings. The summed E-state index contributed by atoms with van der Waals surface area (Å²) in [6, 6.07) is 15.6. The average molecular weight is 1120 g/mol. The molecule has 0 amide bonds. The van der Waals surface area contributed by atoms with Crippen molar-refractivity contribution < 1.29 is 42.3 Å². The highest BCUT2D eigenvalue weighted by molar-refractivity contribution is 7.50. The molecular weight excluding hydrogens is 1070 g/mol. The first-order valence-corrected chi connectivity index (χ1v) is 28.2. The standard InChI is InChI=1S/C62H55N6O9P3/c1-11-19-44-34-59(75-78(63-27-21-46(36-63)53(69)13-3)64-28-22-47(37-64)54(70)14-4)52(33-42(44)9)61-60(76-79(65-29-23-48(38-65)55(71)15-5)66-30-24-49(39-66)56(72)16-6)35-45(20-12-2)43(10)62(61)77-80(67-31-25-50(40-67)57(73)17-7)68-32-26-51(41-68)58(74)18-8/h11-41H,3-8H2,1-2,9-10H3/b19-11-,20-12-. The molecular formula is C62H55N6O9P3. The number of aromatic nitrogens is 6. The topological polar surface area (TPSA) is 160 Å². The van der Waals surface area contributed by atoms with Gasteiger partial charge in [0.15, 0.2) is 34.7 Å². The summed E-state index contributed by atoms with van der Waals surface area (Å²) >= 11 is 0. The highest BCUT2D eigenvalue weighted by Gasteiger charge is 2.32. The second-order valence-corrected chi connectivity index (χ2v) is 22.5. The number of rotatable bonds is 27. The minimum Gasteiger partial charge on any atom is -0.435 e. The fourth-order valence-electron chi connectivity index (χ4n) is 8.31. The fraction of sp³-hybridized carbons (Fsp3) is 0.0645. The molecule has 80 heavy (non-hydrogen) atoms. The molecule has 6 heterocycles. The molecule has 0 saturated heterocycles. The van der Waals surface area contributed by atoms with Crippen molar-refractivity contribution in [3.8, 4) is 28.4 Å². The van der Waals surface area contributed by atoms with Gasteiger partial charge >= 0.3 is 25.3 Å². The van der Waals surface area contributed by atoms with Crippen molar-refractivity contribution in [3.63, 3.8) is 0 Å². The van der Waals surface area contributed by atoms with Gasteiger partial charge in [-0.2, -0.15) is 0 Å². The summed E-state index contributed by atoms with van der Waals surface area (Å²) in [7, 11) is -6.25. The number of benzene rings is 2. The summed E-state index contributed by atoms with van der Waals surface area (Å²) in [4.78, 5) is 78.7. The van der Waals surface area contributed by atoms with Gasteiger partial charge < -0.3 is 13.6 Å². The highest BCUT2D eigenvalue weighted by Crippen LogP contribution is 2.57. The summed E-state index contributed by atoms with van der Waals surface area (Å²) in [6.07, 6.45) is 35.1. The Kier molecular flexibility index (Phi) is 17.8. The monoisotopic (exact) mass is 1120 g/mol. The summed E-state index contributed by atoms with van der Waals surface area (Å²) in [5.74, 6) is -1.05. The van der Waals surface area contributed by atoms with E-state index in [1.165, 1.54) is 36.5 Å². The molecule has 8 rings (SSSR count). The molecule has 18 heteroatoms. The second-order valence-electron chi connectivity index (χ2n) is 17.6. The number of aryl methyl sites for hydroxylation is 1. The molecule has 0 aliphatic carbocycles. The van der Waals surface area contributed by atoms with E-state index < -0.39 is 25.3 Å². The maximum Gasteiger partial charge on any atom is 0.317 e. The lowest BCUT2D eigenvalue weighted by molar-refractivity contribution is 0.103. The van der Waals surface area contributed by atoms with Crippen LogP contribution >= 0.6 is 25.3 Å². The zero-order valence-corrected chi connectivity index (χ0v) is 47.0. The largest absolute Gasteiger partial charge is 0.435 e. The zero-order valence-electron chi connectivity index (χ0n) is 44.3. The van der Waals surface area contributed by atoms with Crippen LogP contribution in [0.5, 0.6) is 17.2 Å². The molecule has 15 nitrogen and oxygen atoms in total. The molecule has 0 spiro atoms. The molecule has 0 atom stereocenters. The Labute approximate surface area is 467 Å². The lowest BCUT2D eigenvalue weighted by atomic mass is 9.93. The van der Waals surface area contributed by atoms with Crippen molar-refractivity contribution in [3.05, 3.63) is 273 Å². The summed E-state index contributed by atoms with van der Waals surface area (Å²) in [6.45, 7) is 29.8. The van der Waals surface area contributed by atoms with E-state index in [2.05, 4.69) is 39.5 Å². The number of hydrogen-bond donors (Lipinski definition) is 0. The fourth-order valence-corrected chi connectivity index (χ4v) is 13.1. The molecule has 0 aliphatic rings. The van der Waals surface area contributed by atoms with Gasteiger partial charge in [-0.15, -0.1) is 0 Å². The van der Waals surface area contributed by atoms with Crippen LogP contribution in [0, 0.1) is 13.8 Å². The third kappa shape index (κ3) is 11.9. The molecule has 0 saturated carbocycles. The number of hydrogen-bond acceptors (Lipinski definition) is 9. The van der Waals surface area contributed by atoms with E-state index in [4.69, 9.17) is 13.6 Å². The Balaban J connectivity index is 1.48. The second kappa shape index (κ2) is 25.0. The maximum absolute atomic E-state index is 13.2. The normalized spacial score (nSPS) is 11.3. The molecule has 2 aromatic carbocycles. The van der Waals surface area contributed by atoms with Crippen molar-refractivity contribution in [2.24, 2.45) is 0 Å². The third-order valence-corrected chi connectivity index (χ3v) is 17.4. The van der Waals surface area contributed by atoms with E-state index >= 15 is 0 Å². The summed E-state index contributed by atoms with van der Waals surface area (Å²) in [5.41, 5.74) is 5.84. The predicted molar refractivity (Wildman–Crippen MR) is 320 cm³/mol. The molecule has 0 unspecified atom stereocenters. The lowest BCUT2D eigenvalue weighted by Gasteiger charge is -2.29. The first kappa shape index (κ1) is 56.9. The van der Waals surface area contributed by atoms with Crippen LogP contribution < -0.4 is 13.6 Å². The molecule has 402 valence electrons. The molecule has 0 radical (unpaired) electrons. The van der Waals surface area contributed by atoms with Crippen molar-refractivity contribution in [1.29, 1.82) is 0 Å². The van der Waals surface area contributed by atoms with E-state index in [0.717, 1.165) is 11.1 Å². The third-order valence-electron chi connectivity index (χ3n) is 12.5. The number of carbonyl (C=O) groups excluding carboxylic acids is 6. The summed E-state index contributed by atoms with van der Waals surface area (Å²) in [5, 5.41) is 0. The SMILES string of the molecule is C=CC(=O)c1ccn(P(Oc2cc(/C=C\C)c(C)cc2-c2c(OP(n3ccc(C(=O)C=C)c3)n3ccc(C(=O)C=C)c3)cc(/C=C\C)c(C)c2OP(n2ccc(C(=O)C=C)c2)n2ccc(C(=O)C=C)c2)n2ccc(C(=O)C=C)c2)c1. The minimum atomic E-state index is -2.11. The van der Waals surface area contributed by atoms with Crippen LogP contribution in [0.2, 0.25) is 0 Å². The Morgan fingerprint density at radius 3 is 1.01 bits per heavy atom. The molecule has 0 N–H and O–H groups in total. The van der Waals surface area contributed by atoms with Gasteiger partial charge in [-0.05, 0) is 141 Å². The van der Waals surface area contributed by atoms with Gasteiger partial charge in [0.05, 0.1) is 5.56 Å². The Morgan fingerprint density at radius 1 is 0.412 bits per heavy atom. The van der Waals surface area contributed by atoms with Crippen molar-refractivity contribution >= 4 is 72.2 Å². The van der Waals surface area contributed by atoms with Crippen molar-refractivity contribution in [2.45, 2.75) is 27.7 Å². The lowest BCUT2D eigenvalue weighted by Crippen LogP contribution is -2.10. The zero-order chi connectivity index (χ0) is 57.4. The van der Waals surface area contributed by atoms with Gasteiger partial charge in [-0.1, -0.05) is 63.8 Å². The van der Waals surface area contributed by atoms with Gasteiger partial charge in [0.2, 0.25) is 0 Å². The van der Waals surface area contributed by atoms with Crippen LogP contribution in [-0.2, 0) is 0 Å². The Bertz CT molecular complexity index is 3710. The van der Waals surface area contributed by atoms with E-state index in [-0.39, 0.29) is 40.4 Å². The number of allylic oxidation sites excluding steroid dienone is 8. The van der Waals surface area contributed by atoms with Crippen LogP contribution in [-0.4, -0.2) is 60.7 Å². The van der Waals surface area contributed by atoms with E-state index in [1.54, 1.807) is 137 Å². The Morgan fingerprint density at radius 2 is 0.700 bits per heavy atom. The van der Waals surface area contributed by atoms with Crippen LogP contribution in [0.3, 0.4) is 0 Å².